The third-order valence-electron chi connectivity index (χ3n) is 6.91. The van der Waals surface area contributed by atoms with E-state index in [9.17, 15) is 4.79 Å². The van der Waals surface area contributed by atoms with Crippen molar-refractivity contribution in [3.8, 4) is 22.6 Å². The van der Waals surface area contributed by atoms with Gasteiger partial charge >= 0.3 is 5.97 Å². The van der Waals surface area contributed by atoms with E-state index >= 15 is 0 Å². The highest BCUT2D eigenvalue weighted by atomic mass is 16.5. The van der Waals surface area contributed by atoms with Crippen molar-refractivity contribution in [1.29, 1.82) is 0 Å². The highest BCUT2D eigenvalue weighted by Crippen LogP contribution is 2.32. The van der Waals surface area contributed by atoms with Crippen LogP contribution in [0.3, 0.4) is 0 Å². The smallest absolute Gasteiger partial charge is 0.310 e. The molecule has 0 saturated heterocycles. The molecule has 0 radical (unpaired) electrons. The van der Waals surface area contributed by atoms with Crippen LogP contribution >= 0.6 is 0 Å². The molecule has 0 amide bonds. The maximum absolute atomic E-state index is 12.1. The lowest BCUT2D eigenvalue weighted by molar-refractivity contribution is -0.142. The highest BCUT2D eigenvalue weighted by molar-refractivity contribution is 5.87. The third kappa shape index (κ3) is 6.78. The number of nitrogens with two attached hydrogens (primary N) is 1. The normalized spacial score (nSPS) is 11.2. The standard InChI is InChI=1S/C34H36N4O4/c1-4-40-34(39)18-27-9-5-6-10-33(27)42-22-31-30-17-26(11-12-32(30)38(37-31)23(2)3)28-14-25(19-35)15-29(16-28)41-21-24-8-7-13-36-20-24/h5-17,20,23H,4,18-19,21-22,35H2,1-3H3. The lowest BCUT2D eigenvalue weighted by Crippen LogP contribution is -2.09. The van der Waals surface area contributed by atoms with Gasteiger partial charge in [-0.15, -0.1) is 0 Å². The Bertz CT molecular complexity index is 1660. The molecule has 42 heavy (non-hydrogen) atoms. The van der Waals surface area contributed by atoms with E-state index < -0.39 is 0 Å². The van der Waals surface area contributed by atoms with Crippen LogP contribution in [0.1, 0.15) is 49.2 Å². The van der Waals surface area contributed by atoms with Gasteiger partial charge in [0.15, 0.2) is 0 Å². The maximum Gasteiger partial charge on any atom is 0.310 e. The minimum absolute atomic E-state index is 0.151. The van der Waals surface area contributed by atoms with Crippen molar-refractivity contribution in [3.05, 3.63) is 108 Å². The number of benzene rings is 3. The fourth-order valence-electron chi connectivity index (χ4n) is 4.87. The first-order valence-electron chi connectivity index (χ1n) is 14.2. The summed E-state index contributed by atoms with van der Waals surface area (Å²) in [6.07, 6.45) is 3.70. The molecule has 0 atom stereocenters. The molecule has 0 spiro atoms. The summed E-state index contributed by atoms with van der Waals surface area (Å²) in [6, 6.07) is 24.0. The monoisotopic (exact) mass is 564 g/mol. The van der Waals surface area contributed by atoms with Crippen LogP contribution in [0.15, 0.2) is 85.2 Å². The Morgan fingerprint density at radius 3 is 2.55 bits per heavy atom. The number of hydrogen-bond donors (Lipinski definition) is 1. The minimum atomic E-state index is -0.281. The van der Waals surface area contributed by atoms with E-state index in [4.69, 9.17) is 25.0 Å². The summed E-state index contributed by atoms with van der Waals surface area (Å²) in [5.74, 6) is 1.10. The number of ether oxygens (including phenoxy) is 3. The molecule has 0 bridgehead atoms. The van der Waals surface area contributed by atoms with Crippen molar-refractivity contribution in [3.63, 3.8) is 0 Å². The summed E-state index contributed by atoms with van der Waals surface area (Å²) < 4.78 is 19.5. The molecule has 2 heterocycles. The molecule has 0 unspecified atom stereocenters. The summed E-state index contributed by atoms with van der Waals surface area (Å²) in [7, 11) is 0. The number of nitrogens with zero attached hydrogens (tertiary/aromatic N) is 3. The van der Waals surface area contributed by atoms with Crippen LogP contribution in [0.5, 0.6) is 11.5 Å². The van der Waals surface area contributed by atoms with Gasteiger partial charge in [-0.3, -0.25) is 14.5 Å². The molecule has 2 N–H and O–H groups in total. The Hall–Kier alpha value is -4.69. The molecule has 2 aromatic heterocycles. The number of aromatic nitrogens is 3. The summed E-state index contributed by atoms with van der Waals surface area (Å²) >= 11 is 0. The van der Waals surface area contributed by atoms with Gasteiger partial charge in [-0.1, -0.05) is 30.3 Å². The Morgan fingerprint density at radius 1 is 0.929 bits per heavy atom. The van der Waals surface area contributed by atoms with E-state index in [1.807, 2.05) is 53.2 Å². The van der Waals surface area contributed by atoms with Crippen LogP contribution in [0.2, 0.25) is 0 Å². The fourth-order valence-corrected chi connectivity index (χ4v) is 4.87. The first-order valence-corrected chi connectivity index (χ1v) is 14.2. The minimum Gasteiger partial charge on any atom is -0.489 e. The second kappa shape index (κ2) is 13.3. The van der Waals surface area contributed by atoms with Crippen molar-refractivity contribution in [2.24, 2.45) is 5.73 Å². The maximum atomic E-state index is 12.1. The van der Waals surface area contributed by atoms with Gasteiger partial charge in [0.25, 0.3) is 0 Å². The lowest BCUT2D eigenvalue weighted by Gasteiger charge is -2.12. The molecule has 8 nitrogen and oxygen atoms in total. The van der Waals surface area contributed by atoms with E-state index in [0.717, 1.165) is 50.2 Å². The summed E-state index contributed by atoms with van der Waals surface area (Å²) in [5.41, 5.74) is 12.7. The largest absolute Gasteiger partial charge is 0.489 e. The summed E-state index contributed by atoms with van der Waals surface area (Å²) in [4.78, 5) is 16.3. The molecule has 0 saturated carbocycles. The average Bonchev–Trinajstić information content (AvgIpc) is 3.38. The van der Waals surface area contributed by atoms with Crippen LogP contribution in [0.4, 0.5) is 0 Å². The number of rotatable bonds is 12. The van der Waals surface area contributed by atoms with Gasteiger partial charge in [0, 0.05) is 41.5 Å². The average molecular weight is 565 g/mol. The lowest BCUT2D eigenvalue weighted by atomic mass is 10.0. The van der Waals surface area contributed by atoms with Gasteiger partial charge in [0.05, 0.1) is 18.5 Å². The number of hydrogen-bond acceptors (Lipinski definition) is 7. The van der Waals surface area contributed by atoms with Gasteiger partial charge in [0.1, 0.15) is 30.4 Å². The molecule has 0 fully saturated rings. The number of carbonyl (C=O) groups excluding carboxylic acids is 1. The van der Waals surface area contributed by atoms with Crippen LogP contribution in [-0.4, -0.2) is 27.3 Å². The zero-order valence-corrected chi connectivity index (χ0v) is 24.2. The fraction of sp³-hybridized carbons (Fsp3) is 0.265. The first kappa shape index (κ1) is 28.8. The summed E-state index contributed by atoms with van der Waals surface area (Å²) in [6.45, 7) is 7.42. The second-order valence-electron chi connectivity index (χ2n) is 10.3. The molecule has 0 aliphatic carbocycles. The van der Waals surface area contributed by atoms with E-state index in [1.165, 1.54) is 0 Å². The number of carbonyl (C=O) groups is 1. The van der Waals surface area contributed by atoms with Crippen molar-refractivity contribution in [2.45, 2.75) is 53.0 Å². The molecule has 216 valence electrons. The topological polar surface area (TPSA) is 101 Å². The summed E-state index contributed by atoms with van der Waals surface area (Å²) in [5, 5.41) is 5.92. The second-order valence-corrected chi connectivity index (χ2v) is 10.3. The predicted octanol–water partition coefficient (Wildman–Crippen LogP) is 6.40. The van der Waals surface area contributed by atoms with Gasteiger partial charge in [0.2, 0.25) is 0 Å². The Morgan fingerprint density at radius 2 is 1.79 bits per heavy atom. The van der Waals surface area contributed by atoms with E-state index in [-0.39, 0.29) is 25.0 Å². The van der Waals surface area contributed by atoms with Crippen LogP contribution in [0.25, 0.3) is 22.0 Å². The van der Waals surface area contributed by atoms with E-state index in [2.05, 4.69) is 43.1 Å². The molecule has 8 heteroatoms. The van der Waals surface area contributed by atoms with Crippen molar-refractivity contribution in [2.75, 3.05) is 6.61 Å². The molecule has 0 aliphatic rings. The SMILES string of the molecule is CCOC(=O)Cc1ccccc1OCc1nn(C(C)C)c2ccc(-c3cc(CN)cc(OCc4cccnc4)c3)cc12. The van der Waals surface area contributed by atoms with Crippen molar-refractivity contribution >= 4 is 16.9 Å². The highest BCUT2D eigenvalue weighted by Gasteiger charge is 2.17. The third-order valence-corrected chi connectivity index (χ3v) is 6.91. The Kier molecular flexibility index (Phi) is 9.14. The quantitative estimate of drug-likeness (QED) is 0.175. The predicted molar refractivity (Wildman–Crippen MR) is 163 cm³/mol. The molecular weight excluding hydrogens is 528 g/mol. The van der Waals surface area contributed by atoms with Gasteiger partial charge in [-0.2, -0.15) is 5.10 Å². The molecule has 5 aromatic rings. The zero-order chi connectivity index (χ0) is 29.5. The Balaban J connectivity index is 1.45. The van der Waals surface area contributed by atoms with Gasteiger partial charge in [-0.25, -0.2) is 0 Å². The number of esters is 1. The molecule has 0 aliphatic heterocycles. The zero-order valence-electron chi connectivity index (χ0n) is 24.2. The number of fused-ring (bicyclic) bond motifs is 1. The van der Waals surface area contributed by atoms with E-state index in [1.54, 1.807) is 19.3 Å². The molecule has 3 aromatic carbocycles. The molecule has 5 rings (SSSR count). The van der Waals surface area contributed by atoms with Crippen LogP contribution < -0.4 is 15.2 Å². The number of pyridine rings is 1. The van der Waals surface area contributed by atoms with Crippen molar-refractivity contribution in [1.82, 2.24) is 14.8 Å². The van der Waals surface area contributed by atoms with Crippen molar-refractivity contribution < 1.29 is 19.0 Å². The van der Waals surface area contributed by atoms with Crippen LogP contribution in [0, 0.1) is 0 Å². The first-order chi connectivity index (χ1) is 20.4. The van der Waals surface area contributed by atoms with E-state index in [0.29, 0.717) is 25.5 Å². The van der Waals surface area contributed by atoms with Crippen LogP contribution in [-0.2, 0) is 35.7 Å². The number of para-hydroxylation sites is 1. The van der Waals surface area contributed by atoms with Gasteiger partial charge < -0.3 is 19.9 Å². The Labute approximate surface area is 246 Å². The van der Waals surface area contributed by atoms with Gasteiger partial charge in [-0.05, 0) is 79.9 Å². The molecular formula is C34H36N4O4.